The summed E-state index contributed by atoms with van der Waals surface area (Å²) in [5, 5.41) is 0. The lowest BCUT2D eigenvalue weighted by molar-refractivity contribution is -0.150. The second-order valence-electron chi connectivity index (χ2n) is 11.9. The van der Waals surface area contributed by atoms with Gasteiger partial charge in [-0.3, -0.25) is 0 Å². The minimum Gasteiger partial charge on any atom is -0.494 e. The number of esters is 2. The first-order chi connectivity index (χ1) is 22.5. The van der Waals surface area contributed by atoms with Gasteiger partial charge in [-0.05, 0) is 98.5 Å². The van der Waals surface area contributed by atoms with Crippen molar-refractivity contribution in [2.24, 2.45) is 5.41 Å². The normalized spacial score (nSPS) is 13.4. The molecule has 0 unspecified atom stereocenters. The number of carbonyl (C=O) groups excluding carboxylic acids is 2. The first-order valence-electron chi connectivity index (χ1n) is 16.7. The summed E-state index contributed by atoms with van der Waals surface area (Å²) in [4.78, 5) is 25.3. The highest BCUT2D eigenvalue weighted by molar-refractivity contribution is 5.92. The van der Waals surface area contributed by atoms with Crippen LogP contribution in [0, 0.1) is 5.41 Å². The van der Waals surface area contributed by atoms with Gasteiger partial charge in [0.05, 0.1) is 44.2 Å². The number of hydrogen-bond acceptors (Lipinski definition) is 8. The SMILES string of the molecule is CCCCCCCCOc1ccc(OC(=O)c2ccc(OC(=O)c3ccc(OCCCCOCC4(CC)COC4)cc3)cc2)cc1. The van der Waals surface area contributed by atoms with Crippen molar-refractivity contribution in [2.75, 3.05) is 39.6 Å². The molecule has 46 heavy (non-hydrogen) atoms. The van der Waals surface area contributed by atoms with Gasteiger partial charge in [-0.25, -0.2) is 9.59 Å². The molecule has 3 aromatic rings. The summed E-state index contributed by atoms with van der Waals surface area (Å²) in [5.74, 6) is 1.18. The third-order valence-corrected chi connectivity index (χ3v) is 8.12. The summed E-state index contributed by atoms with van der Waals surface area (Å²) in [5.41, 5.74) is 0.954. The maximum absolute atomic E-state index is 12.6. The van der Waals surface area contributed by atoms with Crippen LogP contribution in [-0.2, 0) is 9.47 Å². The van der Waals surface area contributed by atoms with Gasteiger partial charge in [0, 0.05) is 12.0 Å². The van der Waals surface area contributed by atoms with Crippen LogP contribution < -0.4 is 18.9 Å². The minimum atomic E-state index is -0.504. The molecule has 1 aliphatic heterocycles. The van der Waals surface area contributed by atoms with Crippen LogP contribution in [0.2, 0.25) is 0 Å². The molecule has 1 aliphatic rings. The Morgan fingerprint density at radius 3 is 1.52 bits per heavy atom. The van der Waals surface area contributed by atoms with Crippen LogP contribution in [0.25, 0.3) is 0 Å². The Labute approximate surface area is 273 Å². The van der Waals surface area contributed by atoms with Crippen LogP contribution in [0.5, 0.6) is 23.0 Å². The van der Waals surface area contributed by atoms with Gasteiger partial charge in [0.2, 0.25) is 0 Å². The molecule has 1 saturated heterocycles. The number of rotatable bonds is 21. The van der Waals surface area contributed by atoms with E-state index in [0.717, 1.165) is 51.3 Å². The van der Waals surface area contributed by atoms with Gasteiger partial charge >= 0.3 is 11.9 Å². The second-order valence-corrected chi connectivity index (χ2v) is 11.9. The molecule has 8 heteroatoms. The summed E-state index contributed by atoms with van der Waals surface area (Å²) >= 11 is 0. The van der Waals surface area contributed by atoms with Crippen LogP contribution >= 0.6 is 0 Å². The van der Waals surface area contributed by atoms with Gasteiger partial charge in [-0.15, -0.1) is 0 Å². The van der Waals surface area contributed by atoms with Crippen molar-refractivity contribution in [3.63, 3.8) is 0 Å². The summed E-state index contributed by atoms with van der Waals surface area (Å²) in [7, 11) is 0. The zero-order valence-electron chi connectivity index (χ0n) is 27.3. The zero-order valence-corrected chi connectivity index (χ0v) is 27.3. The predicted molar refractivity (Wildman–Crippen MR) is 177 cm³/mol. The number of carbonyl (C=O) groups is 2. The van der Waals surface area contributed by atoms with Crippen molar-refractivity contribution in [1.82, 2.24) is 0 Å². The molecule has 0 aromatic heterocycles. The maximum Gasteiger partial charge on any atom is 0.343 e. The van der Waals surface area contributed by atoms with Crippen molar-refractivity contribution in [3.05, 3.63) is 83.9 Å². The van der Waals surface area contributed by atoms with Crippen molar-refractivity contribution in [2.45, 2.75) is 71.6 Å². The Balaban J connectivity index is 1.11. The van der Waals surface area contributed by atoms with Crippen LogP contribution in [0.4, 0.5) is 0 Å². The van der Waals surface area contributed by atoms with Gasteiger partial charge in [0.25, 0.3) is 0 Å². The van der Waals surface area contributed by atoms with Gasteiger partial charge < -0.3 is 28.4 Å². The Morgan fingerprint density at radius 2 is 1.02 bits per heavy atom. The highest BCUT2D eigenvalue weighted by Crippen LogP contribution is 2.31. The molecule has 0 radical (unpaired) electrons. The maximum atomic E-state index is 12.6. The van der Waals surface area contributed by atoms with Crippen LogP contribution in [-0.4, -0.2) is 51.6 Å². The van der Waals surface area contributed by atoms with Crippen LogP contribution in [0.15, 0.2) is 72.8 Å². The highest BCUT2D eigenvalue weighted by Gasteiger charge is 2.36. The van der Waals surface area contributed by atoms with Crippen LogP contribution in [0.3, 0.4) is 0 Å². The standard InChI is InChI=1S/C38H48O8/c1-3-5-6-7-8-9-25-43-33-20-22-35(23-21-33)46-37(40)31-14-18-34(19-15-31)45-36(39)30-12-16-32(17-13-30)44-26-11-10-24-41-27-38(4-2)28-42-29-38/h12-23H,3-11,24-29H2,1-2H3. The lowest BCUT2D eigenvalue weighted by Crippen LogP contribution is -2.45. The van der Waals surface area contributed by atoms with Crippen molar-refractivity contribution < 1.29 is 38.0 Å². The molecule has 0 aliphatic carbocycles. The molecule has 4 rings (SSSR count). The minimum absolute atomic E-state index is 0.216. The van der Waals surface area contributed by atoms with E-state index in [0.29, 0.717) is 48.2 Å². The molecule has 1 fully saturated rings. The molecule has 0 amide bonds. The molecule has 0 N–H and O–H groups in total. The summed E-state index contributed by atoms with van der Waals surface area (Å²) < 4.78 is 33.7. The van der Waals surface area contributed by atoms with Gasteiger partial charge in [0.15, 0.2) is 0 Å². The van der Waals surface area contributed by atoms with E-state index >= 15 is 0 Å². The van der Waals surface area contributed by atoms with E-state index in [1.54, 1.807) is 72.8 Å². The van der Waals surface area contributed by atoms with E-state index in [9.17, 15) is 9.59 Å². The molecule has 3 aromatic carbocycles. The number of benzene rings is 3. The van der Waals surface area contributed by atoms with Gasteiger partial charge in [-0.1, -0.05) is 46.0 Å². The summed E-state index contributed by atoms with van der Waals surface area (Å²) in [6.45, 7) is 8.70. The highest BCUT2D eigenvalue weighted by atomic mass is 16.5. The fraction of sp³-hybridized carbons (Fsp3) is 0.474. The molecular weight excluding hydrogens is 584 g/mol. The lowest BCUT2D eigenvalue weighted by atomic mass is 9.84. The van der Waals surface area contributed by atoms with E-state index in [2.05, 4.69) is 13.8 Å². The molecule has 1 heterocycles. The van der Waals surface area contributed by atoms with Crippen molar-refractivity contribution in [1.29, 1.82) is 0 Å². The quantitative estimate of drug-likeness (QED) is 0.0656. The second kappa shape index (κ2) is 18.9. The first-order valence-corrected chi connectivity index (χ1v) is 16.7. The summed E-state index contributed by atoms with van der Waals surface area (Å²) in [6.07, 6.45) is 10.1. The monoisotopic (exact) mass is 632 g/mol. The molecule has 248 valence electrons. The lowest BCUT2D eigenvalue weighted by Gasteiger charge is -2.40. The zero-order chi connectivity index (χ0) is 32.5. The third kappa shape index (κ3) is 11.5. The fourth-order valence-electron chi connectivity index (χ4n) is 4.92. The first kappa shape index (κ1) is 35.0. The van der Waals surface area contributed by atoms with E-state index < -0.39 is 11.9 Å². The van der Waals surface area contributed by atoms with Gasteiger partial charge in [0.1, 0.15) is 23.0 Å². The molecule has 0 bridgehead atoms. The number of unbranched alkanes of at least 4 members (excludes halogenated alkanes) is 6. The average Bonchev–Trinajstić information content (AvgIpc) is 3.06. The molecule has 0 saturated carbocycles. The van der Waals surface area contributed by atoms with E-state index in [4.69, 9.17) is 28.4 Å². The predicted octanol–water partition coefficient (Wildman–Crippen LogP) is 8.47. The number of hydrogen-bond donors (Lipinski definition) is 0. The molecule has 8 nitrogen and oxygen atoms in total. The van der Waals surface area contributed by atoms with E-state index in [-0.39, 0.29) is 5.41 Å². The topological polar surface area (TPSA) is 89.5 Å². The van der Waals surface area contributed by atoms with Crippen molar-refractivity contribution >= 4 is 11.9 Å². The molecule has 0 spiro atoms. The van der Waals surface area contributed by atoms with E-state index in [1.807, 2.05) is 0 Å². The Bertz CT molecular complexity index is 1310. The Morgan fingerprint density at radius 1 is 0.587 bits per heavy atom. The number of ether oxygens (including phenoxy) is 6. The van der Waals surface area contributed by atoms with Crippen molar-refractivity contribution in [3.8, 4) is 23.0 Å². The molecule has 0 atom stereocenters. The largest absolute Gasteiger partial charge is 0.494 e. The van der Waals surface area contributed by atoms with E-state index in [1.165, 1.54) is 32.1 Å². The smallest absolute Gasteiger partial charge is 0.343 e. The Kier molecular flexibility index (Phi) is 14.4. The van der Waals surface area contributed by atoms with Gasteiger partial charge in [-0.2, -0.15) is 0 Å². The third-order valence-electron chi connectivity index (χ3n) is 8.12. The summed E-state index contributed by atoms with van der Waals surface area (Å²) in [6, 6.07) is 20.1. The average molecular weight is 633 g/mol. The molecular formula is C38H48O8. The Hall–Kier alpha value is -3.88. The van der Waals surface area contributed by atoms with Crippen LogP contribution in [0.1, 0.15) is 92.4 Å². The fourth-order valence-corrected chi connectivity index (χ4v) is 4.92.